The number of sulfonamides is 1. The fourth-order valence-corrected chi connectivity index (χ4v) is 9.47. The van der Waals surface area contributed by atoms with E-state index >= 15 is 0 Å². The lowest BCUT2D eigenvalue weighted by atomic mass is 9.68. The summed E-state index contributed by atoms with van der Waals surface area (Å²) in [7, 11) is -3.08. The minimum Gasteiger partial charge on any atom is -0.490 e. The zero-order chi connectivity index (χ0) is 31.9. The van der Waals surface area contributed by atoms with Crippen molar-refractivity contribution < 1.29 is 32.6 Å². The Morgan fingerprint density at radius 3 is 2.80 bits per heavy atom. The Kier molecular flexibility index (Phi) is 8.93. The molecule has 6 rings (SSSR count). The maximum absolute atomic E-state index is 13.6. The van der Waals surface area contributed by atoms with Gasteiger partial charge in [0.2, 0.25) is 10.0 Å². The van der Waals surface area contributed by atoms with Crippen molar-refractivity contribution in [2.45, 2.75) is 68.6 Å². The van der Waals surface area contributed by atoms with Gasteiger partial charge in [-0.25, -0.2) is 13.1 Å². The van der Waals surface area contributed by atoms with Crippen LogP contribution in [-0.2, 0) is 31.4 Å². The van der Waals surface area contributed by atoms with Gasteiger partial charge < -0.3 is 19.5 Å². The second kappa shape index (κ2) is 12.6. The van der Waals surface area contributed by atoms with Crippen LogP contribution in [0.2, 0.25) is 5.02 Å². The third kappa shape index (κ3) is 6.33. The van der Waals surface area contributed by atoms with E-state index in [9.17, 15) is 23.1 Å². The molecule has 1 fully saturated rings. The average molecular weight is 657 g/mol. The van der Waals surface area contributed by atoms with Gasteiger partial charge in [0.15, 0.2) is 0 Å². The molecule has 9 nitrogen and oxygen atoms in total. The number of rotatable bonds is 2. The number of anilines is 1. The molecule has 1 spiro atoms. The zero-order valence-electron chi connectivity index (χ0n) is 25.7. The molecule has 6 atom stereocenters. The Bertz CT molecular complexity index is 1610. The molecule has 11 heteroatoms. The summed E-state index contributed by atoms with van der Waals surface area (Å²) in [6.45, 7) is 3.48. The summed E-state index contributed by atoms with van der Waals surface area (Å²) in [5, 5.41) is 10.7. The number of amides is 1. The molecule has 2 aliphatic carbocycles. The van der Waals surface area contributed by atoms with Crippen LogP contribution in [0, 0.1) is 17.8 Å². The van der Waals surface area contributed by atoms with Crippen molar-refractivity contribution in [3.8, 4) is 5.75 Å². The predicted octanol–water partition coefficient (Wildman–Crippen LogP) is 4.79. The number of aryl methyl sites for hydroxylation is 1. The number of carbonyl (C=O) groups excluding carboxylic acids is 2. The van der Waals surface area contributed by atoms with Crippen LogP contribution in [-0.4, -0.2) is 63.6 Å². The van der Waals surface area contributed by atoms with E-state index in [0.717, 1.165) is 37.8 Å². The second-order valence-electron chi connectivity index (χ2n) is 13.2. The standard InChI is InChI=1S/C34H41ClN2O7S/c1-21-5-3-7-29(38)26-11-8-24(26)18-37-19-34(14-4-6-22-15-25(35)10-12-27(22)34)20-44-30-13-9-23(16-28(30)37)33(40)36-45(41,42)31(21)17-32(39)43-2/h3,7,9-10,12-13,15-16,21,24,26,29,31,38H,4-6,8,11,14,17-20H2,1-2H3,(H,36,40)/b7-3+/t21?,24-,26+,29-,31?,34-/m0/s1. The van der Waals surface area contributed by atoms with Gasteiger partial charge in [0, 0.05) is 29.1 Å². The molecule has 2 bridgehead atoms. The summed E-state index contributed by atoms with van der Waals surface area (Å²) in [5.74, 6) is -1.08. The molecule has 0 radical (unpaired) electrons. The highest BCUT2D eigenvalue weighted by atomic mass is 35.5. The fraction of sp³-hybridized carbons (Fsp3) is 0.529. The fourth-order valence-electron chi connectivity index (χ4n) is 7.66. The second-order valence-corrected chi connectivity index (χ2v) is 15.6. The zero-order valence-corrected chi connectivity index (χ0v) is 27.3. The van der Waals surface area contributed by atoms with Crippen molar-refractivity contribution in [3.63, 3.8) is 0 Å². The highest BCUT2D eigenvalue weighted by molar-refractivity contribution is 7.90. The molecule has 2 aromatic carbocycles. The molecule has 0 saturated heterocycles. The average Bonchev–Trinajstić information content (AvgIpc) is 3.13. The van der Waals surface area contributed by atoms with Gasteiger partial charge in [0.1, 0.15) is 5.75 Å². The van der Waals surface area contributed by atoms with Gasteiger partial charge in [-0.05, 0) is 97.7 Å². The van der Waals surface area contributed by atoms with E-state index in [1.807, 2.05) is 12.1 Å². The first kappa shape index (κ1) is 31.9. The first-order valence-corrected chi connectivity index (χ1v) is 17.7. The van der Waals surface area contributed by atoms with Crippen LogP contribution in [0.1, 0.15) is 66.9 Å². The molecule has 2 unspecified atom stereocenters. The molecule has 2 aliphatic heterocycles. The Hall–Kier alpha value is -3.08. The number of fused-ring (bicyclic) bond motifs is 4. The Morgan fingerprint density at radius 2 is 2.04 bits per heavy atom. The number of aliphatic hydroxyl groups excluding tert-OH is 1. The first-order valence-electron chi connectivity index (χ1n) is 15.8. The predicted molar refractivity (Wildman–Crippen MR) is 172 cm³/mol. The molecule has 2 aromatic rings. The van der Waals surface area contributed by atoms with Crippen molar-refractivity contribution in [2.24, 2.45) is 17.8 Å². The number of hydrogen-bond acceptors (Lipinski definition) is 8. The molecule has 1 saturated carbocycles. The van der Waals surface area contributed by atoms with Crippen molar-refractivity contribution in [1.29, 1.82) is 0 Å². The lowest BCUT2D eigenvalue weighted by Gasteiger charge is -2.45. The van der Waals surface area contributed by atoms with E-state index in [-0.39, 0.29) is 22.8 Å². The minimum atomic E-state index is -4.28. The summed E-state index contributed by atoms with van der Waals surface area (Å²) < 4.78 is 40.7. The monoisotopic (exact) mass is 656 g/mol. The van der Waals surface area contributed by atoms with E-state index in [4.69, 9.17) is 21.1 Å². The van der Waals surface area contributed by atoms with Gasteiger partial charge in [-0.3, -0.25) is 9.59 Å². The van der Waals surface area contributed by atoms with E-state index in [0.29, 0.717) is 36.9 Å². The van der Waals surface area contributed by atoms with Gasteiger partial charge >= 0.3 is 5.97 Å². The number of hydrogen-bond donors (Lipinski definition) is 2. The number of nitrogens with zero attached hydrogens (tertiary/aromatic N) is 1. The van der Waals surface area contributed by atoms with Gasteiger partial charge in [0.25, 0.3) is 5.91 Å². The largest absolute Gasteiger partial charge is 0.490 e. The molecular formula is C34H41ClN2O7S. The van der Waals surface area contributed by atoms with Crippen LogP contribution in [0.5, 0.6) is 5.75 Å². The summed E-state index contributed by atoms with van der Waals surface area (Å²) in [6.07, 6.45) is 7.49. The van der Waals surface area contributed by atoms with Crippen molar-refractivity contribution in [2.75, 3.05) is 31.7 Å². The number of allylic oxidation sites excluding steroid dienone is 1. The molecule has 4 aliphatic rings. The van der Waals surface area contributed by atoms with Gasteiger partial charge in [0.05, 0.1) is 37.2 Å². The normalized spacial score (nSPS) is 31.7. The number of esters is 1. The minimum absolute atomic E-state index is 0.0477. The van der Waals surface area contributed by atoms with Crippen molar-refractivity contribution in [3.05, 3.63) is 70.3 Å². The number of carbonyl (C=O) groups is 2. The molecule has 0 aromatic heterocycles. The first-order chi connectivity index (χ1) is 21.5. The SMILES string of the molecule is COC(=O)CC1C(C)C/C=C/[C@H](O)[C@@H]2CC[C@H]2CN2C[C@@]3(CCCc4cc(Cl)ccc43)COc3ccc(cc32)C(=O)NS1(=O)=O. The van der Waals surface area contributed by atoms with Gasteiger partial charge in [-0.1, -0.05) is 36.7 Å². The lowest BCUT2D eigenvalue weighted by Crippen LogP contribution is -2.49. The Labute approximate surface area is 270 Å². The third-order valence-electron chi connectivity index (χ3n) is 10.4. The summed E-state index contributed by atoms with van der Waals surface area (Å²) in [4.78, 5) is 28.0. The summed E-state index contributed by atoms with van der Waals surface area (Å²) in [6, 6.07) is 11.1. The van der Waals surface area contributed by atoms with Crippen LogP contribution in [0.4, 0.5) is 5.69 Å². The van der Waals surface area contributed by atoms with Crippen LogP contribution < -0.4 is 14.4 Å². The smallest absolute Gasteiger partial charge is 0.306 e. The van der Waals surface area contributed by atoms with Crippen LogP contribution in [0.25, 0.3) is 0 Å². The highest BCUT2D eigenvalue weighted by Crippen LogP contribution is 2.46. The van der Waals surface area contributed by atoms with Crippen LogP contribution >= 0.6 is 11.6 Å². The molecule has 2 N–H and O–H groups in total. The van der Waals surface area contributed by atoms with Crippen molar-refractivity contribution in [1.82, 2.24) is 4.72 Å². The molecule has 242 valence electrons. The third-order valence-corrected chi connectivity index (χ3v) is 12.5. The number of aliphatic hydroxyl groups is 1. The van der Waals surface area contributed by atoms with E-state index in [2.05, 4.69) is 15.7 Å². The lowest BCUT2D eigenvalue weighted by molar-refractivity contribution is -0.140. The quantitative estimate of drug-likeness (QED) is 0.350. The summed E-state index contributed by atoms with van der Waals surface area (Å²) >= 11 is 6.39. The number of halogens is 1. The van der Waals surface area contributed by atoms with Crippen LogP contribution in [0.15, 0.2) is 48.6 Å². The Morgan fingerprint density at radius 1 is 1.22 bits per heavy atom. The number of nitrogens with one attached hydrogen (secondary N) is 1. The molecule has 2 heterocycles. The van der Waals surface area contributed by atoms with E-state index in [1.165, 1.54) is 18.2 Å². The number of ether oxygens (including phenoxy) is 2. The van der Waals surface area contributed by atoms with Crippen molar-refractivity contribution >= 4 is 39.2 Å². The van der Waals surface area contributed by atoms with Crippen LogP contribution in [0.3, 0.4) is 0 Å². The van der Waals surface area contributed by atoms with Gasteiger partial charge in [-0.2, -0.15) is 0 Å². The highest BCUT2D eigenvalue weighted by Gasteiger charge is 2.44. The van der Waals surface area contributed by atoms with Gasteiger partial charge in [-0.15, -0.1) is 0 Å². The number of methoxy groups -OCH3 is 1. The van der Waals surface area contributed by atoms with E-state index in [1.54, 1.807) is 37.3 Å². The molecular weight excluding hydrogens is 616 g/mol. The number of benzene rings is 2. The van der Waals surface area contributed by atoms with E-state index < -0.39 is 45.6 Å². The maximum Gasteiger partial charge on any atom is 0.306 e. The molecule has 1 amide bonds. The summed E-state index contributed by atoms with van der Waals surface area (Å²) in [5.41, 5.74) is 3.04. The molecule has 45 heavy (non-hydrogen) atoms. The maximum atomic E-state index is 13.6. The topological polar surface area (TPSA) is 122 Å². The Balaban J connectivity index is 1.41.